The zero-order valence-corrected chi connectivity index (χ0v) is 18.8. The maximum Gasteiger partial charge on any atom is 0.416 e. The minimum absolute atomic E-state index is 0.0112. The van der Waals surface area contributed by atoms with E-state index in [-0.39, 0.29) is 54.0 Å². The smallest absolute Gasteiger partial charge is 0.416 e. The van der Waals surface area contributed by atoms with E-state index in [1.807, 2.05) is 0 Å². The molecule has 0 spiro atoms. The molecule has 2 aromatic rings. The maximum atomic E-state index is 15.3. The topological polar surface area (TPSA) is 72.5 Å². The third kappa shape index (κ3) is 3.78. The van der Waals surface area contributed by atoms with Gasteiger partial charge in [0.15, 0.2) is 9.84 Å². The van der Waals surface area contributed by atoms with Gasteiger partial charge in [0.2, 0.25) is 5.91 Å². The van der Waals surface area contributed by atoms with Crippen LogP contribution in [0.2, 0.25) is 0 Å². The fraction of sp³-hybridized carbons (Fsp3) is 0.435. The fourth-order valence-electron chi connectivity index (χ4n) is 5.14. The van der Waals surface area contributed by atoms with Crippen LogP contribution in [0.4, 0.5) is 17.6 Å². The van der Waals surface area contributed by atoms with Gasteiger partial charge in [-0.25, -0.2) is 12.8 Å². The van der Waals surface area contributed by atoms with E-state index in [0.29, 0.717) is 17.7 Å². The maximum absolute atomic E-state index is 15.3. The largest absolute Gasteiger partial charge is 0.492 e. The van der Waals surface area contributed by atoms with Crippen LogP contribution in [-0.4, -0.2) is 27.0 Å². The summed E-state index contributed by atoms with van der Waals surface area (Å²) in [4.78, 5) is 11.3. The molecule has 0 radical (unpaired) electrons. The van der Waals surface area contributed by atoms with Crippen molar-refractivity contribution in [3.63, 3.8) is 0 Å². The number of aryl methyl sites for hydroxylation is 1. The van der Waals surface area contributed by atoms with Crippen LogP contribution in [0.25, 0.3) is 0 Å². The van der Waals surface area contributed by atoms with Crippen molar-refractivity contribution < 1.29 is 35.5 Å². The molecule has 1 saturated carbocycles. The molecule has 33 heavy (non-hydrogen) atoms. The van der Waals surface area contributed by atoms with Gasteiger partial charge < -0.3 is 10.1 Å². The number of benzene rings is 2. The van der Waals surface area contributed by atoms with E-state index in [2.05, 4.69) is 5.32 Å². The summed E-state index contributed by atoms with van der Waals surface area (Å²) < 4.78 is 86.6. The van der Waals surface area contributed by atoms with Gasteiger partial charge in [0.25, 0.3) is 0 Å². The number of nitrogens with one attached hydrogen (secondary N) is 1. The average Bonchev–Trinajstić information content (AvgIpc) is 2.74. The number of rotatable bonds is 3. The Bertz CT molecular complexity index is 1190. The zero-order chi connectivity index (χ0) is 24.2. The lowest BCUT2D eigenvalue weighted by molar-refractivity contribution is -0.137. The molecule has 0 saturated heterocycles. The van der Waals surface area contributed by atoms with Crippen LogP contribution in [0.3, 0.4) is 0 Å². The van der Waals surface area contributed by atoms with Crippen LogP contribution in [0, 0.1) is 18.7 Å². The Labute approximate surface area is 189 Å². The second-order valence-electron chi connectivity index (χ2n) is 8.66. The molecule has 178 valence electrons. The second kappa shape index (κ2) is 8.00. The second-order valence-corrected chi connectivity index (χ2v) is 10.9. The van der Waals surface area contributed by atoms with Crippen LogP contribution in [0.5, 0.6) is 5.75 Å². The minimum Gasteiger partial charge on any atom is -0.492 e. The highest BCUT2D eigenvalue weighted by molar-refractivity contribution is 7.92. The van der Waals surface area contributed by atoms with Crippen LogP contribution >= 0.6 is 0 Å². The van der Waals surface area contributed by atoms with Gasteiger partial charge in [-0.1, -0.05) is 6.07 Å². The van der Waals surface area contributed by atoms with Gasteiger partial charge in [0, 0.05) is 18.9 Å². The summed E-state index contributed by atoms with van der Waals surface area (Å²) in [5.74, 6) is -1.56. The Balaban J connectivity index is 1.90. The molecule has 1 heterocycles. The average molecular weight is 485 g/mol. The SMILES string of the molecule is CC(=O)N[C@@H]1CC[C@@]2(S(=O)(=O)c3ccc(C(F)(F)F)cc3)c3c(F)ccc(C)c3OC[C@H]2C1. The first-order valence-electron chi connectivity index (χ1n) is 10.5. The number of halogens is 4. The summed E-state index contributed by atoms with van der Waals surface area (Å²) in [7, 11) is -4.35. The van der Waals surface area contributed by atoms with Crippen molar-refractivity contribution in [2.75, 3.05) is 6.61 Å². The lowest BCUT2D eigenvalue weighted by Crippen LogP contribution is -2.55. The third-order valence-corrected chi connectivity index (χ3v) is 9.22. The number of ether oxygens (including phenoxy) is 1. The van der Waals surface area contributed by atoms with Crippen molar-refractivity contribution in [2.45, 2.75) is 55.0 Å². The summed E-state index contributed by atoms with van der Waals surface area (Å²) in [5, 5.41) is 2.79. The quantitative estimate of drug-likeness (QED) is 0.649. The number of amides is 1. The van der Waals surface area contributed by atoms with Gasteiger partial charge in [0.05, 0.1) is 22.6 Å². The van der Waals surface area contributed by atoms with Crippen LogP contribution < -0.4 is 10.1 Å². The summed E-state index contributed by atoms with van der Waals surface area (Å²) >= 11 is 0. The van der Waals surface area contributed by atoms with Crippen molar-refractivity contribution in [1.82, 2.24) is 5.32 Å². The van der Waals surface area contributed by atoms with Gasteiger partial charge in [0.1, 0.15) is 16.3 Å². The minimum atomic E-state index is -4.62. The molecule has 0 bridgehead atoms. The molecule has 3 atom stereocenters. The lowest BCUT2D eigenvalue weighted by Gasteiger charge is -2.49. The van der Waals surface area contributed by atoms with E-state index >= 15 is 4.39 Å². The number of hydrogen-bond acceptors (Lipinski definition) is 4. The molecular weight excluding hydrogens is 462 g/mol. The van der Waals surface area contributed by atoms with Gasteiger partial charge in [-0.3, -0.25) is 4.79 Å². The van der Waals surface area contributed by atoms with Crippen molar-refractivity contribution >= 4 is 15.7 Å². The Morgan fingerprint density at radius 1 is 1.15 bits per heavy atom. The highest BCUT2D eigenvalue weighted by Crippen LogP contribution is 2.56. The zero-order valence-electron chi connectivity index (χ0n) is 18.0. The van der Waals surface area contributed by atoms with Crippen molar-refractivity contribution in [3.05, 3.63) is 58.9 Å². The van der Waals surface area contributed by atoms with E-state index in [1.54, 1.807) is 6.92 Å². The van der Waals surface area contributed by atoms with Crippen molar-refractivity contribution in [3.8, 4) is 5.75 Å². The first kappa shape index (κ1) is 23.5. The fourth-order valence-corrected chi connectivity index (χ4v) is 7.51. The van der Waals surface area contributed by atoms with E-state index in [9.17, 15) is 26.4 Å². The summed E-state index contributed by atoms with van der Waals surface area (Å²) in [6.07, 6.45) is -4.13. The van der Waals surface area contributed by atoms with E-state index in [4.69, 9.17) is 4.74 Å². The van der Waals surface area contributed by atoms with Gasteiger partial charge in [-0.05, 0) is 62.1 Å². The molecule has 1 aliphatic carbocycles. The molecule has 0 unspecified atom stereocenters. The monoisotopic (exact) mass is 485 g/mol. The normalized spacial score (nSPS) is 24.9. The number of carbonyl (C=O) groups excluding carboxylic acids is 1. The van der Waals surface area contributed by atoms with Gasteiger partial charge in [-0.2, -0.15) is 13.2 Å². The van der Waals surface area contributed by atoms with Crippen LogP contribution in [0.15, 0.2) is 41.3 Å². The Kier molecular flexibility index (Phi) is 5.71. The van der Waals surface area contributed by atoms with Crippen LogP contribution in [0.1, 0.15) is 42.9 Å². The molecule has 2 aliphatic rings. The van der Waals surface area contributed by atoms with Crippen molar-refractivity contribution in [1.29, 1.82) is 0 Å². The molecule has 0 aromatic heterocycles. The number of fused-ring (bicyclic) bond motifs is 3. The first-order chi connectivity index (χ1) is 15.4. The van der Waals surface area contributed by atoms with Gasteiger partial charge >= 0.3 is 6.18 Å². The van der Waals surface area contributed by atoms with Crippen LogP contribution in [-0.2, 0) is 25.6 Å². The molecule has 4 rings (SSSR count). The molecule has 10 heteroatoms. The summed E-state index contributed by atoms with van der Waals surface area (Å²) in [6.45, 7) is 3.02. The molecule has 1 fully saturated rings. The number of hydrogen-bond donors (Lipinski definition) is 1. The molecule has 2 aromatic carbocycles. The number of alkyl halides is 3. The van der Waals surface area contributed by atoms with E-state index in [1.165, 1.54) is 19.1 Å². The molecule has 5 nitrogen and oxygen atoms in total. The molecule has 1 aliphatic heterocycles. The van der Waals surface area contributed by atoms with Gasteiger partial charge in [-0.15, -0.1) is 0 Å². The molecule has 1 N–H and O–H groups in total. The number of sulfone groups is 1. The standard InChI is InChI=1S/C23H23F4NO4S/c1-13-3-8-19(24)20-21(13)32-12-16-11-17(28-14(2)29)9-10-22(16,20)33(30,31)18-6-4-15(5-7-18)23(25,26)27/h3-8,16-17H,9-12H2,1-2H3,(H,28,29)/t16-,17-,22+/m1/s1. The Morgan fingerprint density at radius 2 is 1.82 bits per heavy atom. The Morgan fingerprint density at radius 3 is 2.42 bits per heavy atom. The predicted molar refractivity (Wildman–Crippen MR) is 112 cm³/mol. The number of carbonyl (C=O) groups is 1. The highest BCUT2D eigenvalue weighted by atomic mass is 32.2. The highest BCUT2D eigenvalue weighted by Gasteiger charge is 2.59. The van der Waals surface area contributed by atoms with E-state index < -0.39 is 38.1 Å². The predicted octanol–water partition coefficient (Wildman–Crippen LogP) is 4.52. The van der Waals surface area contributed by atoms with E-state index in [0.717, 1.165) is 12.1 Å². The molecular formula is C23H23F4NO4S. The van der Waals surface area contributed by atoms with Crippen molar-refractivity contribution in [2.24, 2.45) is 5.92 Å². The summed E-state index contributed by atoms with van der Waals surface area (Å²) in [6, 6.07) is 5.64. The Hall–Kier alpha value is -2.62. The summed E-state index contributed by atoms with van der Waals surface area (Å²) in [5.41, 5.74) is -0.491. The lowest BCUT2D eigenvalue weighted by atomic mass is 9.71. The third-order valence-electron chi connectivity index (χ3n) is 6.63. The first-order valence-corrected chi connectivity index (χ1v) is 12.0. The molecule has 1 amide bonds.